The molecule has 5 nitrogen and oxygen atoms in total. The second kappa shape index (κ2) is 7.21. The van der Waals surface area contributed by atoms with Crippen molar-refractivity contribution in [2.24, 2.45) is 0 Å². The van der Waals surface area contributed by atoms with Gasteiger partial charge in [0.15, 0.2) is 17.6 Å². The number of ether oxygens (including phenoxy) is 3. The zero-order valence-corrected chi connectivity index (χ0v) is 16.3. The maximum Gasteiger partial charge on any atom is 0.264 e. The van der Waals surface area contributed by atoms with E-state index in [1.807, 2.05) is 35.2 Å². The molecule has 0 spiro atoms. The lowest BCUT2D eigenvalue weighted by Crippen LogP contribution is -2.40. The molecule has 146 valence electrons. The van der Waals surface area contributed by atoms with Crippen LogP contribution in [-0.2, 0) is 11.2 Å². The molecule has 0 aromatic heterocycles. The fraction of sp³-hybridized carbons (Fsp3) is 0.409. The number of halogens is 1. The summed E-state index contributed by atoms with van der Waals surface area (Å²) in [6, 6.07) is 11.6. The van der Waals surface area contributed by atoms with E-state index < -0.39 is 6.10 Å². The molecular weight excluding hydrogens is 378 g/mol. The van der Waals surface area contributed by atoms with E-state index in [-0.39, 0.29) is 11.9 Å². The van der Waals surface area contributed by atoms with Crippen LogP contribution in [-0.4, -0.2) is 36.7 Å². The molecule has 0 unspecified atom stereocenters. The van der Waals surface area contributed by atoms with Crippen LogP contribution in [0.3, 0.4) is 0 Å². The fourth-order valence-corrected chi connectivity index (χ4v) is 4.50. The van der Waals surface area contributed by atoms with Gasteiger partial charge < -0.3 is 19.1 Å². The van der Waals surface area contributed by atoms with Gasteiger partial charge in [-0.3, -0.25) is 4.79 Å². The van der Waals surface area contributed by atoms with Crippen molar-refractivity contribution in [3.05, 3.63) is 52.5 Å². The molecule has 2 aromatic carbocycles. The number of amides is 1. The minimum absolute atomic E-state index is 0.0422. The summed E-state index contributed by atoms with van der Waals surface area (Å²) in [5.41, 5.74) is 2.09. The normalized spacial score (nSPS) is 23.1. The molecule has 0 saturated carbocycles. The van der Waals surface area contributed by atoms with E-state index >= 15 is 0 Å². The highest BCUT2D eigenvalue weighted by Gasteiger charge is 2.38. The summed E-state index contributed by atoms with van der Waals surface area (Å²) in [5.74, 6) is 2.35. The predicted molar refractivity (Wildman–Crippen MR) is 105 cm³/mol. The number of carbonyl (C=O) groups excluding carboxylic acids is 1. The summed E-state index contributed by atoms with van der Waals surface area (Å²) < 4.78 is 17.5. The Hall–Kier alpha value is -2.40. The average Bonchev–Trinajstić information content (AvgIpc) is 3.28. The van der Waals surface area contributed by atoms with E-state index in [0.29, 0.717) is 24.7 Å². The number of fused-ring (bicyclic) bond motifs is 2. The monoisotopic (exact) mass is 399 g/mol. The summed E-state index contributed by atoms with van der Waals surface area (Å²) in [7, 11) is 0. The predicted octanol–water partition coefficient (Wildman–Crippen LogP) is 4.17. The van der Waals surface area contributed by atoms with Gasteiger partial charge in [-0.05, 0) is 54.3 Å². The van der Waals surface area contributed by atoms with Gasteiger partial charge in [-0.2, -0.15) is 0 Å². The molecule has 1 fully saturated rings. The first-order chi connectivity index (χ1) is 13.7. The zero-order valence-electron chi connectivity index (χ0n) is 15.5. The molecule has 1 amide bonds. The summed E-state index contributed by atoms with van der Waals surface area (Å²) in [6.07, 6.45) is 2.89. The lowest BCUT2D eigenvalue weighted by atomic mass is 10.0. The number of hydrogen-bond donors (Lipinski definition) is 0. The second-order valence-corrected chi connectivity index (χ2v) is 7.95. The smallest absolute Gasteiger partial charge is 0.264 e. The van der Waals surface area contributed by atoms with Gasteiger partial charge in [-0.1, -0.05) is 17.7 Å². The third-order valence-electron chi connectivity index (χ3n) is 5.66. The molecule has 3 aliphatic rings. The maximum absolute atomic E-state index is 13.2. The molecule has 6 heteroatoms. The summed E-state index contributed by atoms with van der Waals surface area (Å²) in [6.45, 7) is 2.07. The Balaban J connectivity index is 1.36. The van der Waals surface area contributed by atoms with Crippen LogP contribution < -0.4 is 14.2 Å². The van der Waals surface area contributed by atoms with Crippen LogP contribution in [0.25, 0.3) is 0 Å². The standard InChI is InChI=1S/C22H22ClNO4/c23-16-5-7-18-15(11-16)13-21(28-18)22(25)24-8-1-3-17(24)14-4-6-19-20(12-14)27-10-2-9-26-19/h4-7,11-12,17,21H,1-3,8-10,13H2/t17-,21-/m0/s1. The molecule has 3 heterocycles. The largest absolute Gasteiger partial charge is 0.490 e. The Morgan fingerprint density at radius 2 is 1.82 bits per heavy atom. The minimum Gasteiger partial charge on any atom is -0.490 e. The van der Waals surface area contributed by atoms with Gasteiger partial charge in [0, 0.05) is 24.4 Å². The van der Waals surface area contributed by atoms with Gasteiger partial charge >= 0.3 is 0 Å². The van der Waals surface area contributed by atoms with Gasteiger partial charge in [0.1, 0.15) is 5.75 Å². The van der Waals surface area contributed by atoms with Gasteiger partial charge in [-0.25, -0.2) is 0 Å². The van der Waals surface area contributed by atoms with E-state index in [0.717, 1.165) is 54.2 Å². The van der Waals surface area contributed by atoms with Crippen molar-refractivity contribution in [1.29, 1.82) is 0 Å². The molecule has 0 N–H and O–H groups in total. The summed E-state index contributed by atoms with van der Waals surface area (Å²) in [5, 5.41) is 0.668. The van der Waals surface area contributed by atoms with E-state index in [1.54, 1.807) is 6.07 Å². The molecule has 28 heavy (non-hydrogen) atoms. The third-order valence-corrected chi connectivity index (χ3v) is 5.90. The van der Waals surface area contributed by atoms with Gasteiger partial charge in [-0.15, -0.1) is 0 Å². The van der Waals surface area contributed by atoms with Crippen LogP contribution in [0.2, 0.25) is 5.02 Å². The molecule has 2 aromatic rings. The lowest BCUT2D eigenvalue weighted by Gasteiger charge is -2.27. The van der Waals surface area contributed by atoms with Crippen molar-refractivity contribution in [1.82, 2.24) is 4.90 Å². The van der Waals surface area contributed by atoms with Crippen molar-refractivity contribution in [2.45, 2.75) is 37.8 Å². The van der Waals surface area contributed by atoms with Crippen LogP contribution >= 0.6 is 11.6 Å². The molecule has 0 bridgehead atoms. The summed E-state index contributed by atoms with van der Waals surface area (Å²) in [4.78, 5) is 15.2. The van der Waals surface area contributed by atoms with Crippen LogP contribution in [0, 0.1) is 0 Å². The second-order valence-electron chi connectivity index (χ2n) is 7.51. The quantitative estimate of drug-likeness (QED) is 0.760. The molecule has 3 aliphatic heterocycles. The highest BCUT2D eigenvalue weighted by molar-refractivity contribution is 6.30. The molecule has 2 atom stereocenters. The van der Waals surface area contributed by atoms with Crippen LogP contribution in [0.1, 0.15) is 36.4 Å². The Morgan fingerprint density at radius 1 is 1.00 bits per heavy atom. The summed E-state index contributed by atoms with van der Waals surface area (Å²) >= 11 is 6.08. The highest BCUT2D eigenvalue weighted by Crippen LogP contribution is 2.39. The molecule has 5 rings (SSSR count). The zero-order chi connectivity index (χ0) is 19.1. The first-order valence-corrected chi connectivity index (χ1v) is 10.2. The highest BCUT2D eigenvalue weighted by atomic mass is 35.5. The number of likely N-dealkylation sites (tertiary alicyclic amines) is 1. The van der Waals surface area contributed by atoms with E-state index in [2.05, 4.69) is 0 Å². The Bertz CT molecular complexity index is 915. The lowest BCUT2D eigenvalue weighted by molar-refractivity contribution is -0.138. The molecule has 0 aliphatic carbocycles. The minimum atomic E-state index is -0.477. The van der Waals surface area contributed by atoms with E-state index in [1.165, 1.54) is 0 Å². The maximum atomic E-state index is 13.2. The van der Waals surface area contributed by atoms with Crippen molar-refractivity contribution in [3.8, 4) is 17.2 Å². The van der Waals surface area contributed by atoms with Gasteiger partial charge in [0.05, 0.1) is 19.3 Å². The number of carbonyl (C=O) groups is 1. The average molecular weight is 400 g/mol. The van der Waals surface area contributed by atoms with Crippen LogP contribution in [0.15, 0.2) is 36.4 Å². The molecule has 1 saturated heterocycles. The first-order valence-electron chi connectivity index (χ1n) is 9.84. The van der Waals surface area contributed by atoms with Crippen molar-refractivity contribution >= 4 is 17.5 Å². The number of benzene rings is 2. The number of rotatable bonds is 2. The van der Waals surface area contributed by atoms with Crippen molar-refractivity contribution in [3.63, 3.8) is 0 Å². The Labute approximate surface area is 169 Å². The topological polar surface area (TPSA) is 48.0 Å². The van der Waals surface area contributed by atoms with Crippen molar-refractivity contribution < 1.29 is 19.0 Å². The Morgan fingerprint density at radius 3 is 2.71 bits per heavy atom. The Kier molecular flexibility index (Phi) is 4.55. The number of nitrogens with zero attached hydrogens (tertiary/aromatic N) is 1. The third kappa shape index (κ3) is 3.18. The SMILES string of the molecule is O=C([C@@H]1Cc2cc(Cl)ccc2O1)N1CCC[C@H]1c1ccc2c(c1)OCCCO2. The molecule has 0 radical (unpaired) electrons. The van der Waals surface area contributed by atoms with E-state index in [4.69, 9.17) is 25.8 Å². The fourth-order valence-electron chi connectivity index (χ4n) is 4.30. The van der Waals surface area contributed by atoms with Gasteiger partial charge in [0.2, 0.25) is 0 Å². The van der Waals surface area contributed by atoms with Crippen LogP contribution in [0.4, 0.5) is 0 Å². The van der Waals surface area contributed by atoms with Crippen molar-refractivity contribution in [2.75, 3.05) is 19.8 Å². The van der Waals surface area contributed by atoms with Crippen LogP contribution in [0.5, 0.6) is 17.2 Å². The van der Waals surface area contributed by atoms with Gasteiger partial charge in [0.25, 0.3) is 5.91 Å². The van der Waals surface area contributed by atoms with E-state index in [9.17, 15) is 4.79 Å². The molecular formula is C22H22ClNO4. The first kappa shape index (κ1) is 17.7. The number of hydrogen-bond acceptors (Lipinski definition) is 4.